The third kappa shape index (κ3) is 3.97. The Morgan fingerprint density at radius 3 is 2.64 bits per heavy atom. The Kier molecular flexibility index (Phi) is 4.73. The molecule has 2 aromatic carbocycles. The predicted molar refractivity (Wildman–Crippen MR) is 90.4 cm³/mol. The van der Waals surface area contributed by atoms with Crippen molar-refractivity contribution >= 4 is 21.8 Å². The summed E-state index contributed by atoms with van der Waals surface area (Å²) in [6.07, 6.45) is -1.29. The number of sulfonamides is 1. The van der Waals surface area contributed by atoms with Crippen molar-refractivity contribution in [2.45, 2.75) is 17.9 Å². The van der Waals surface area contributed by atoms with Gasteiger partial charge in [-0.25, -0.2) is 22.3 Å². The largest absolute Gasteiger partial charge is 0.443 e. The van der Waals surface area contributed by atoms with Crippen LogP contribution >= 0.6 is 0 Å². The molecule has 25 heavy (non-hydrogen) atoms. The molecule has 0 radical (unpaired) electrons. The second-order valence-electron chi connectivity index (χ2n) is 5.76. The summed E-state index contributed by atoms with van der Waals surface area (Å²) in [6, 6.07) is 12.0. The van der Waals surface area contributed by atoms with Crippen molar-refractivity contribution in [3.8, 4) is 0 Å². The summed E-state index contributed by atoms with van der Waals surface area (Å²) in [5, 5.41) is 0. The molecular weight excluding hydrogens is 347 g/mol. The summed E-state index contributed by atoms with van der Waals surface area (Å²) in [4.78, 5) is 13.3. The maximum atomic E-state index is 13.3. The number of amides is 1. The number of carbonyl (C=O) groups is 1. The van der Waals surface area contributed by atoms with Gasteiger partial charge in [0.1, 0.15) is 11.9 Å². The quantitative estimate of drug-likeness (QED) is 0.884. The van der Waals surface area contributed by atoms with Crippen molar-refractivity contribution in [1.29, 1.82) is 0 Å². The van der Waals surface area contributed by atoms with Gasteiger partial charge >= 0.3 is 6.09 Å². The van der Waals surface area contributed by atoms with E-state index in [1.54, 1.807) is 18.2 Å². The van der Waals surface area contributed by atoms with Crippen molar-refractivity contribution in [2.24, 2.45) is 0 Å². The first-order valence-electron chi connectivity index (χ1n) is 7.65. The average molecular weight is 364 g/mol. The third-order valence-electron chi connectivity index (χ3n) is 3.83. The van der Waals surface area contributed by atoms with Gasteiger partial charge in [-0.2, -0.15) is 0 Å². The molecule has 8 heteroatoms. The summed E-state index contributed by atoms with van der Waals surface area (Å²) in [5.74, 6) is -0.464. The van der Waals surface area contributed by atoms with E-state index in [-0.39, 0.29) is 18.0 Å². The van der Waals surface area contributed by atoms with Crippen LogP contribution in [0.1, 0.15) is 5.56 Å². The molecule has 1 fully saturated rings. The van der Waals surface area contributed by atoms with Crippen LogP contribution in [0, 0.1) is 12.7 Å². The van der Waals surface area contributed by atoms with E-state index in [1.165, 1.54) is 35.2 Å². The Labute approximate surface area is 145 Å². The van der Waals surface area contributed by atoms with E-state index in [9.17, 15) is 17.6 Å². The van der Waals surface area contributed by atoms with E-state index in [4.69, 9.17) is 4.74 Å². The topological polar surface area (TPSA) is 75.7 Å². The van der Waals surface area contributed by atoms with Crippen molar-refractivity contribution in [3.63, 3.8) is 0 Å². The first kappa shape index (κ1) is 17.4. The number of aryl methyl sites for hydroxylation is 1. The lowest BCUT2D eigenvalue weighted by atomic mass is 10.2. The lowest BCUT2D eigenvalue weighted by Gasteiger charge is -2.13. The van der Waals surface area contributed by atoms with Gasteiger partial charge in [0.25, 0.3) is 0 Å². The molecule has 0 bridgehead atoms. The molecule has 1 aliphatic heterocycles. The van der Waals surface area contributed by atoms with Crippen molar-refractivity contribution < 1.29 is 22.3 Å². The van der Waals surface area contributed by atoms with Crippen LogP contribution in [0.15, 0.2) is 53.4 Å². The first-order valence-corrected chi connectivity index (χ1v) is 9.13. The second-order valence-corrected chi connectivity index (χ2v) is 7.53. The van der Waals surface area contributed by atoms with Gasteiger partial charge in [0, 0.05) is 6.54 Å². The summed E-state index contributed by atoms with van der Waals surface area (Å²) in [6.45, 7) is 1.94. The highest BCUT2D eigenvalue weighted by Crippen LogP contribution is 2.22. The number of benzene rings is 2. The van der Waals surface area contributed by atoms with E-state index in [0.717, 1.165) is 5.56 Å². The first-order chi connectivity index (χ1) is 11.8. The van der Waals surface area contributed by atoms with Gasteiger partial charge in [-0.1, -0.05) is 23.8 Å². The number of nitrogens with one attached hydrogen (secondary N) is 1. The summed E-state index contributed by atoms with van der Waals surface area (Å²) in [5.41, 5.74) is 1.32. The molecule has 1 amide bonds. The smallest absolute Gasteiger partial charge is 0.414 e. The van der Waals surface area contributed by atoms with Crippen LogP contribution in [0.3, 0.4) is 0 Å². The highest BCUT2D eigenvalue weighted by molar-refractivity contribution is 7.89. The fourth-order valence-electron chi connectivity index (χ4n) is 2.49. The van der Waals surface area contributed by atoms with Gasteiger partial charge in [0.2, 0.25) is 10.0 Å². The Balaban J connectivity index is 1.65. The van der Waals surface area contributed by atoms with Gasteiger partial charge in [-0.05, 0) is 37.3 Å². The predicted octanol–water partition coefficient (Wildman–Crippen LogP) is 2.44. The number of carbonyl (C=O) groups excluding carboxylic acids is 1. The summed E-state index contributed by atoms with van der Waals surface area (Å²) < 4.78 is 45.4. The minimum absolute atomic E-state index is 0.0617. The Hall–Kier alpha value is -2.45. The second kappa shape index (κ2) is 6.81. The van der Waals surface area contributed by atoms with Gasteiger partial charge in [-0.15, -0.1) is 0 Å². The monoisotopic (exact) mass is 364 g/mol. The van der Waals surface area contributed by atoms with Crippen LogP contribution in [-0.4, -0.2) is 33.7 Å². The lowest BCUT2D eigenvalue weighted by molar-refractivity contribution is 0.143. The zero-order chi connectivity index (χ0) is 18.0. The van der Waals surface area contributed by atoms with Crippen LogP contribution in [0.2, 0.25) is 0 Å². The van der Waals surface area contributed by atoms with Crippen molar-refractivity contribution in [2.75, 3.05) is 18.0 Å². The van der Waals surface area contributed by atoms with E-state index >= 15 is 0 Å². The van der Waals surface area contributed by atoms with Crippen LogP contribution in [0.25, 0.3) is 0 Å². The van der Waals surface area contributed by atoms with Crippen LogP contribution in [-0.2, 0) is 14.8 Å². The highest BCUT2D eigenvalue weighted by atomic mass is 32.2. The fourth-order valence-corrected chi connectivity index (χ4v) is 3.55. The maximum absolute atomic E-state index is 13.3. The molecule has 1 N–H and O–H groups in total. The number of cyclic esters (lactones) is 1. The zero-order valence-corrected chi connectivity index (χ0v) is 14.3. The Bertz CT molecular complexity index is 884. The molecule has 1 aliphatic rings. The molecule has 3 rings (SSSR count). The number of nitrogens with zero attached hydrogens (tertiary/aromatic N) is 1. The molecule has 132 valence electrons. The number of halogens is 1. The molecule has 1 unspecified atom stereocenters. The van der Waals surface area contributed by atoms with Gasteiger partial charge in [0.05, 0.1) is 17.1 Å². The molecule has 0 saturated carbocycles. The SMILES string of the molecule is Cc1ccc(S(=O)(=O)NCC2CN(c3cccc(F)c3)C(=O)O2)cc1. The molecule has 1 heterocycles. The van der Waals surface area contributed by atoms with E-state index in [0.29, 0.717) is 5.69 Å². The van der Waals surface area contributed by atoms with Crippen LogP contribution in [0.4, 0.5) is 14.9 Å². The Morgan fingerprint density at radius 1 is 1.24 bits per heavy atom. The maximum Gasteiger partial charge on any atom is 0.414 e. The molecule has 0 spiro atoms. The average Bonchev–Trinajstić information content (AvgIpc) is 2.94. The number of anilines is 1. The minimum atomic E-state index is -3.69. The molecular formula is C17H17FN2O4S. The van der Waals surface area contributed by atoms with E-state index in [1.807, 2.05) is 6.92 Å². The zero-order valence-electron chi connectivity index (χ0n) is 13.5. The molecule has 1 saturated heterocycles. The molecule has 6 nitrogen and oxygen atoms in total. The highest BCUT2D eigenvalue weighted by Gasteiger charge is 2.33. The molecule has 1 atom stereocenters. The van der Waals surface area contributed by atoms with Crippen LogP contribution in [0.5, 0.6) is 0 Å². The molecule has 0 aromatic heterocycles. The Morgan fingerprint density at radius 2 is 1.96 bits per heavy atom. The fraction of sp³-hybridized carbons (Fsp3) is 0.235. The molecule has 0 aliphatic carbocycles. The van der Waals surface area contributed by atoms with E-state index < -0.39 is 28.0 Å². The number of rotatable bonds is 5. The number of hydrogen-bond donors (Lipinski definition) is 1. The number of ether oxygens (including phenoxy) is 1. The number of hydrogen-bond acceptors (Lipinski definition) is 4. The van der Waals surface area contributed by atoms with Gasteiger partial charge in [-0.3, -0.25) is 4.90 Å². The summed E-state index contributed by atoms with van der Waals surface area (Å²) in [7, 11) is -3.69. The van der Waals surface area contributed by atoms with E-state index in [2.05, 4.69) is 4.72 Å². The third-order valence-corrected chi connectivity index (χ3v) is 5.27. The summed E-state index contributed by atoms with van der Waals surface area (Å²) >= 11 is 0. The van der Waals surface area contributed by atoms with Gasteiger partial charge in [0.15, 0.2) is 0 Å². The van der Waals surface area contributed by atoms with Crippen molar-refractivity contribution in [1.82, 2.24) is 4.72 Å². The van der Waals surface area contributed by atoms with Crippen molar-refractivity contribution in [3.05, 3.63) is 59.9 Å². The molecule has 2 aromatic rings. The normalized spacial score (nSPS) is 17.6. The van der Waals surface area contributed by atoms with Gasteiger partial charge < -0.3 is 4.74 Å². The minimum Gasteiger partial charge on any atom is -0.443 e. The lowest BCUT2D eigenvalue weighted by Crippen LogP contribution is -2.34. The standard InChI is InChI=1S/C17H17FN2O4S/c1-12-5-7-16(8-6-12)25(22,23)19-10-15-11-20(17(21)24-15)14-4-2-3-13(18)9-14/h2-9,15,19H,10-11H2,1H3. The van der Waals surface area contributed by atoms with Crippen LogP contribution < -0.4 is 9.62 Å².